The Morgan fingerprint density at radius 3 is 2.38 bits per heavy atom. The number of carbonyl (C=O) groups excluding carboxylic acids is 2. The average Bonchev–Trinajstić information content (AvgIpc) is 3.12. The zero-order chi connectivity index (χ0) is 22.8. The van der Waals surface area contributed by atoms with E-state index >= 15 is 0 Å². The highest BCUT2D eigenvalue weighted by molar-refractivity contribution is 6.37. The number of hydrogen-bond acceptors (Lipinski definition) is 5. The summed E-state index contributed by atoms with van der Waals surface area (Å²) in [6.07, 6.45) is 1.53. The molecule has 0 bridgehead atoms. The number of methoxy groups -OCH3 is 1. The van der Waals surface area contributed by atoms with Gasteiger partial charge in [-0.25, -0.2) is 0 Å². The lowest BCUT2D eigenvalue weighted by atomic mass is 10.1. The molecule has 5 nitrogen and oxygen atoms in total. The van der Waals surface area contributed by atoms with Crippen LogP contribution < -0.4 is 14.2 Å². The largest absolute Gasteiger partial charge is 0.497 e. The van der Waals surface area contributed by atoms with Gasteiger partial charge < -0.3 is 14.2 Å². The molecular formula is C25H18Cl2O5. The lowest BCUT2D eigenvalue weighted by Crippen LogP contribution is -2.12. The van der Waals surface area contributed by atoms with E-state index < -0.39 is 0 Å². The number of allylic oxidation sites excluding steroid dienone is 1. The number of rotatable bonds is 6. The summed E-state index contributed by atoms with van der Waals surface area (Å²) in [6, 6.07) is 15.2. The summed E-state index contributed by atoms with van der Waals surface area (Å²) in [5.41, 5.74) is 2.04. The molecule has 0 saturated carbocycles. The summed E-state index contributed by atoms with van der Waals surface area (Å²) < 4.78 is 16.7. The quantitative estimate of drug-likeness (QED) is 0.318. The standard InChI is InChI=1S/C25H18Cl2O5/c1-14-22(31-13-21(28)15-6-8-16(30-2)9-7-15)11-10-17-24(29)23(32-25(14)17)12-18-19(26)4-3-5-20(18)27/h3-12H,13H2,1-2H3/b23-12-. The molecule has 4 rings (SSSR count). The summed E-state index contributed by atoms with van der Waals surface area (Å²) >= 11 is 12.4. The maximum Gasteiger partial charge on any atom is 0.231 e. The molecule has 0 fully saturated rings. The Bertz CT molecular complexity index is 1230. The van der Waals surface area contributed by atoms with Crippen LogP contribution in [0, 0.1) is 6.92 Å². The highest BCUT2D eigenvalue weighted by atomic mass is 35.5. The zero-order valence-electron chi connectivity index (χ0n) is 17.3. The van der Waals surface area contributed by atoms with E-state index in [0.29, 0.717) is 49.5 Å². The van der Waals surface area contributed by atoms with Crippen molar-refractivity contribution < 1.29 is 23.8 Å². The number of hydrogen-bond donors (Lipinski definition) is 0. The van der Waals surface area contributed by atoms with E-state index in [1.807, 2.05) is 0 Å². The minimum absolute atomic E-state index is 0.115. The van der Waals surface area contributed by atoms with Gasteiger partial charge in [0.25, 0.3) is 0 Å². The molecule has 0 N–H and O–H groups in total. The smallest absolute Gasteiger partial charge is 0.231 e. The van der Waals surface area contributed by atoms with Crippen LogP contribution in [0.3, 0.4) is 0 Å². The molecule has 0 aromatic heterocycles. The third-order valence-corrected chi connectivity index (χ3v) is 5.74. The number of halogens is 2. The molecule has 0 amide bonds. The predicted molar refractivity (Wildman–Crippen MR) is 123 cm³/mol. The Kier molecular flexibility index (Phi) is 6.21. The lowest BCUT2D eigenvalue weighted by molar-refractivity contribution is 0.0920. The van der Waals surface area contributed by atoms with Gasteiger partial charge in [-0.1, -0.05) is 29.3 Å². The molecule has 0 saturated heterocycles. The van der Waals surface area contributed by atoms with Crippen molar-refractivity contribution in [3.63, 3.8) is 0 Å². The van der Waals surface area contributed by atoms with Gasteiger partial charge in [0.15, 0.2) is 18.1 Å². The number of ketones is 2. The van der Waals surface area contributed by atoms with Crippen molar-refractivity contribution in [2.75, 3.05) is 13.7 Å². The summed E-state index contributed by atoms with van der Waals surface area (Å²) in [5, 5.41) is 0.824. The topological polar surface area (TPSA) is 61.8 Å². The van der Waals surface area contributed by atoms with Gasteiger partial charge in [0.2, 0.25) is 5.78 Å². The fraction of sp³-hybridized carbons (Fsp3) is 0.120. The molecule has 0 atom stereocenters. The second kappa shape index (κ2) is 9.07. The summed E-state index contributed by atoms with van der Waals surface area (Å²) in [6.45, 7) is 1.61. The summed E-state index contributed by atoms with van der Waals surface area (Å²) in [4.78, 5) is 25.3. The van der Waals surface area contributed by atoms with E-state index in [4.69, 9.17) is 37.4 Å². The molecule has 3 aromatic rings. The maximum atomic E-state index is 12.8. The Labute approximate surface area is 195 Å². The molecule has 0 radical (unpaired) electrons. The lowest BCUT2D eigenvalue weighted by Gasteiger charge is -2.11. The minimum Gasteiger partial charge on any atom is -0.497 e. The third-order valence-electron chi connectivity index (χ3n) is 5.08. The Balaban J connectivity index is 1.53. The molecule has 162 valence electrons. The molecule has 0 aliphatic carbocycles. The molecule has 3 aromatic carbocycles. The first-order chi connectivity index (χ1) is 15.4. The highest BCUT2D eigenvalue weighted by Gasteiger charge is 2.30. The SMILES string of the molecule is COc1ccc(C(=O)COc2ccc3c(c2C)O/C(=C\c2c(Cl)cccc2Cl)C3=O)cc1. The first-order valence-electron chi connectivity index (χ1n) is 9.71. The van der Waals surface area contributed by atoms with Crippen LogP contribution in [0.15, 0.2) is 60.4 Å². The van der Waals surface area contributed by atoms with Crippen LogP contribution in [0.2, 0.25) is 10.0 Å². The average molecular weight is 469 g/mol. The number of carbonyl (C=O) groups is 2. The predicted octanol–water partition coefficient (Wildman–Crippen LogP) is 6.19. The van der Waals surface area contributed by atoms with Gasteiger partial charge in [0.05, 0.1) is 12.7 Å². The van der Waals surface area contributed by atoms with Gasteiger partial charge in [-0.2, -0.15) is 0 Å². The monoisotopic (exact) mass is 468 g/mol. The van der Waals surface area contributed by atoms with Crippen LogP contribution in [0.1, 0.15) is 31.8 Å². The van der Waals surface area contributed by atoms with E-state index in [0.717, 1.165) is 0 Å². The normalized spacial score (nSPS) is 13.6. The molecule has 0 spiro atoms. The van der Waals surface area contributed by atoms with Crippen molar-refractivity contribution >= 4 is 40.8 Å². The van der Waals surface area contributed by atoms with Gasteiger partial charge in [0, 0.05) is 26.7 Å². The minimum atomic E-state index is -0.278. The third kappa shape index (κ3) is 4.22. The van der Waals surface area contributed by atoms with Gasteiger partial charge in [0.1, 0.15) is 17.2 Å². The second-order valence-electron chi connectivity index (χ2n) is 7.08. The fourth-order valence-corrected chi connectivity index (χ4v) is 3.81. The van der Waals surface area contributed by atoms with Gasteiger partial charge in [-0.05, 0) is 61.5 Å². The molecule has 7 heteroatoms. The van der Waals surface area contributed by atoms with Crippen molar-refractivity contribution in [3.8, 4) is 17.2 Å². The molecule has 1 heterocycles. The Hall–Kier alpha value is -3.28. The van der Waals surface area contributed by atoms with Crippen molar-refractivity contribution in [1.82, 2.24) is 0 Å². The van der Waals surface area contributed by atoms with Crippen LogP contribution in [0.5, 0.6) is 17.2 Å². The molecule has 32 heavy (non-hydrogen) atoms. The van der Waals surface area contributed by atoms with Gasteiger partial charge in [-0.15, -0.1) is 0 Å². The van der Waals surface area contributed by atoms with Crippen molar-refractivity contribution in [2.45, 2.75) is 6.92 Å². The van der Waals surface area contributed by atoms with Crippen LogP contribution >= 0.6 is 23.2 Å². The van der Waals surface area contributed by atoms with E-state index in [-0.39, 0.29) is 23.9 Å². The first kappa shape index (κ1) is 21.9. The van der Waals surface area contributed by atoms with Crippen molar-refractivity contribution in [1.29, 1.82) is 0 Å². The highest BCUT2D eigenvalue weighted by Crippen LogP contribution is 2.40. The Morgan fingerprint density at radius 1 is 1.03 bits per heavy atom. The molecule has 1 aliphatic rings. The van der Waals surface area contributed by atoms with E-state index in [1.165, 1.54) is 6.08 Å². The van der Waals surface area contributed by atoms with Crippen molar-refractivity contribution in [3.05, 3.63) is 92.7 Å². The number of ether oxygens (including phenoxy) is 3. The molecule has 1 aliphatic heterocycles. The van der Waals surface area contributed by atoms with Gasteiger partial charge in [-0.3, -0.25) is 9.59 Å². The summed E-state index contributed by atoms with van der Waals surface area (Å²) in [7, 11) is 1.56. The zero-order valence-corrected chi connectivity index (χ0v) is 18.8. The number of fused-ring (bicyclic) bond motifs is 1. The fourth-order valence-electron chi connectivity index (χ4n) is 3.31. The van der Waals surface area contributed by atoms with E-state index in [1.54, 1.807) is 68.6 Å². The van der Waals surface area contributed by atoms with Crippen LogP contribution in [-0.2, 0) is 0 Å². The number of benzene rings is 3. The number of Topliss-reactive ketones (excluding diaryl/α,β-unsaturated/α-hetero) is 2. The van der Waals surface area contributed by atoms with Crippen LogP contribution in [-0.4, -0.2) is 25.3 Å². The molecule has 0 unspecified atom stereocenters. The Morgan fingerprint density at radius 2 is 1.72 bits per heavy atom. The second-order valence-corrected chi connectivity index (χ2v) is 7.90. The van der Waals surface area contributed by atoms with E-state index in [9.17, 15) is 9.59 Å². The van der Waals surface area contributed by atoms with Crippen molar-refractivity contribution in [2.24, 2.45) is 0 Å². The molecular weight excluding hydrogens is 451 g/mol. The van der Waals surface area contributed by atoms with Crippen LogP contribution in [0.4, 0.5) is 0 Å². The summed E-state index contributed by atoms with van der Waals surface area (Å²) in [5.74, 6) is 1.16. The van der Waals surface area contributed by atoms with Crippen LogP contribution in [0.25, 0.3) is 6.08 Å². The van der Waals surface area contributed by atoms with E-state index in [2.05, 4.69) is 0 Å². The maximum absolute atomic E-state index is 12.8. The van der Waals surface area contributed by atoms with Gasteiger partial charge >= 0.3 is 0 Å². The first-order valence-corrected chi connectivity index (χ1v) is 10.5.